The van der Waals surface area contributed by atoms with Crippen LogP contribution in [0.2, 0.25) is 0 Å². The maximum Gasteiger partial charge on any atom is 0.252 e. The lowest BCUT2D eigenvalue weighted by Gasteiger charge is -2.12. The molecular weight excluding hydrogens is 326 g/mol. The molecule has 0 aliphatic carbocycles. The summed E-state index contributed by atoms with van der Waals surface area (Å²) < 4.78 is 10.6. The molecule has 0 saturated heterocycles. The SMILES string of the molecule is COc1ccc(COC[C@@H](O)CNC(=O)c2cc(C)sc2C)cc1. The van der Waals surface area contributed by atoms with E-state index < -0.39 is 6.10 Å². The molecular formula is C18H23NO4S. The Morgan fingerprint density at radius 2 is 2.00 bits per heavy atom. The molecule has 2 rings (SSSR count). The van der Waals surface area contributed by atoms with Crippen molar-refractivity contribution in [1.82, 2.24) is 5.32 Å². The molecule has 24 heavy (non-hydrogen) atoms. The summed E-state index contributed by atoms with van der Waals surface area (Å²) >= 11 is 1.59. The van der Waals surface area contributed by atoms with E-state index in [1.807, 2.05) is 44.2 Å². The van der Waals surface area contributed by atoms with Gasteiger partial charge in [-0.1, -0.05) is 12.1 Å². The molecule has 0 bridgehead atoms. The van der Waals surface area contributed by atoms with Gasteiger partial charge in [0.25, 0.3) is 5.91 Å². The minimum absolute atomic E-state index is 0.161. The number of carbonyl (C=O) groups excluding carboxylic acids is 1. The van der Waals surface area contributed by atoms with Crippen LogP contribution in [0.4, 0.5) is 0 Å². The topological polar surface area (TPSA) is 67.8 Å². The number of thiophene rings is 1. The van der Waals surface area contributed by atoms with Crippen molar-refractivity contribution in [3.8, 4) is 5.75 Å². The molecule has 2 aromatic rings. The van der Waals surface area contributed by atoms with E-state index in [1.54, 1.807) is 18.4 Å². The van der Waals surface area contributed by atoms with Gasteiger partial charge in [-0.15, -0.1) is 11.3 Å². The minimum Gasteiger partial charge on any atom is -0.497 e. The molecule has 0 unspecified atom stereocenters. The second-order valence-electron chi connectivity index (χ2n) is 5.55. The van der Waals surface area contributed by atoms with Gasteiger partial charge in [-0.3, -0.25) is 4.79 Å². The Bertz CT molecular complexity index is 666. The largest absolute Gasteiger partial charge is 0.497 e. The molecule has 1 amide bonds. The molecule has 1 aromatic heterocycles. The molecule has 1 aromatic carbocycles. The van der Waals surface area contributed by atoms with E-state index in [2.05, 4.69) is 5.32 Å². The first-order chi connectivity index (χ1) is 11.5. The first-order valence-electron chi connectivity index (χ1n) is 7.73. The lowest BCUT2D eigenvalue weighted by Crippen LogP contribution is -2.34. The fraction of sp³-hybridized carbons (Fsp3) is 0.389. The van der Waals surface area contributed by atoms with Crippen LogP contribution in [-0.2, 0) is 11.3 Å². The van der Waals surface area contributed by atoms with Crippen LogP contribution in [0.5, 0.6) is 5.75 Å². The van der Waals surface area contributed by atoms with Crippen molar-refractivity contribution >= 4 is 17.2 Å². The summed E-state index contributed by atoms with van der Waals surface area (Å²) in [4.78, 5) is 14.2. The summed E-state index contributed by atoms with van der Waals surface area (Å²) in [6.45, 7) is 4.61. The number of amides is 1. The Morgan fingerprint density at radius 3 is 2.58 bits per heavy atom. The van der Waals surface area contributed by atoms with Crippen LogP contribution in [0.3, 0.4) is 0 Å². The highest BCUT2D eigenvalue weighted by Gasteiger charge is 2.13. The normalized spacial score (nSPS) is 12.0. The molecule has 0 aliphatic heterocycles. The molecule has 1 heterocycles. The van der Waals surface area contributed by atoms with Crippen LogP contribution in [0.1, 0.15) is 25.7 Å². The number of rotatable bonds is 8. The van der Waals surface area contributed by atoms with Gasteiger partial charge in [0.1, 0.15) is 5.75 Å². The maximum absolute atomic E-state index is 12.1. The summed E-state index contributed by atoms with van der Waals surface area (Å²) in [5.74, 6) is 0.631. The highest BCUT2D eigenvalue weighted by atomic mass is 32.1. The van der Waals surface area contributed by atoms with E-state index in [1.165, 1.54) is 0 Å². The number of carbonyl (C=O) groups is 1. The average molecular weight is 349 g/mol. The van der Waals surface area contributed by atoms with Crippen molar-refractivity contribution in [1.29, 1.82) is 0 Å². The minimum atomic E-state index is -0.743. The monoisotopic (exact) mass is 349 g/mol. The number of methoxy groups -OCH3 is 1. The fourth-order valence-electron chi connectivity index (χ4n) is 2.26. The molecule has 0 aliphatic rings. The number of nitrogens with one attached hydrogen (secondary N) is 1. The van der Waals surface area contributed by atoms with Crippen LogP contribution >= 0.6 is 11.3 Å². The third kappa shape index (κ3) is 5.33. The third-order valence-electron chi connectivity index (χ3n) is 3.52. The molecule has 0 spiro atoms. The Balaban J connectivity index is 1.70. The summed E-state index contributed by atoms with van der Waals surface area (Å²) in [7, 11) is 1.62. The highest BCUT2D eigenvalue weighted by Crippen LogP contribution is 2.20. The second-order valence-corrected chi connectivity index (χ2v) is 7.01. The molecule has 1 atom stereocenters. The zero-order valence-electron chi connectivity index (χ0n) is 14.2. The average Bonchev–Trinajstić information content (AvgIpc) is 2.92. The van der Waals surface area contributed by atoms with Crippen LogP contribution < -0.4 is 10.1 Å². The molecule has 0 radical (unpaired) electrons. The van der Waals surface area contributed by atoms with E-state index in [9.17, 15) is 9.90 Å². The van der Waals surface area contributed by atoms with Gasteiger partial charge in [-0.05, 0) is 37.6 Å². The summed E-state index contributed by atoms with van der Waals surface area (Å²) in [6.07, 6.45) is -0.743. The summed E-state index contributed by atoms with van der Waals surface area (Å²) in [5, 5.41) is 12.7. The Morgan fingerprint density at radius 1 is 1.29 bits per heavy atom. The molecule has 6 heteroatoms. The van der Waals surface area contributed by atoms with Crippen molar-refractivity contribution < 1.29 is 19.4 Å². The summed E-state index contributed by atoms with van der Waals surface area (Å²) in [5.41, 5.74) is 1.67. The Kier molecular flexibility index (Phi) is 6.78. The maximum atomic E-state index is 12.1. The molecule has 0 saturated carbocycles. The van der Waals surface area contributed by atoms with Gasteiger partial charge in [0.05, 0.1) is 32.0 Å². The predicted octanol–water partition coefficient (Wildman–Crippen LogP) is 2.68. The van der Waals surface area contributed by atoms with Crippen LogP contribution in [0.25, 0.3) is 0 Å². The highest BCUT2D eigenvalue weighted by molar-refractivity contribution is 7.12. The fourth-order valence-corrected chi connectivity index (χ4v) is 3.18. The molecule has 2 N–H and O–H groups in total. The number of ether oxygens (including phenoxy) is 2. The van der Waals surface area contributed by atoms with Gasteiger partial charge in [-0.2, -0.15) is 0 Å². The van der Waals surface area contributed by atoms with Crippen molar-refractivity contribution in [2.45, 2.75) is 26.6 Å². The van der Waals surface area contributed by atoms with E-state index in [-0.39, 0.29) is 19.1 Å². The van der Waals surface area contributed by atoms with Crippen LogP contribution in [0.15, 0.2) is 30.3 Å². The van der Waals surface area contributed by atoms with Crippen molar-refractivity contribution in [2.24, 2.45) is 0 Å². The van der Waals surface area contributed by atoms with E-state index >= 15 is 0 Å². The van der Waals surface area contributed by atoms with E-state index in [0.29, 0.717) is 12.2 Å². The summed E-state index contributed by atoms with van der Waals surface area (Å²) in [6, 6.07) is 9.41. The lowest BCUT2D eigenvalue weighted by molar-refractivity contribution is 0.0285. The number of hydrogen-bond donors (Lipinski definition) is 2. The van der Waals surface area contributed by atoms with Crippen molar-refractivity contribution in [3.05, 3.63) is 51.2 Å². The van der Waals surface area contributed by atoms with Crippen LogP contribution in [-0.4, -0.2) is 37.4 Å². The quantitative estimate of drug-likeness (QED) is 0.769. The first-order valence-corrected chi connectivity index (χ1v) is 8.55. The Hall–Kier alpha value is -1.89. The van der Waals surface area contributed by atoms with Crippen molar-refractivity contribution in [2.75, 3.05) is 20.3 Å². The van der Waals surface area contributed by atoms with Gasteiger partial charge in [-0.25, -0.2) is 0 Å². The lowest BCUT2D eigenvalue weighted by atomic mass is 10.2. The number of hydrogen-bond acceptors (Lipinski definition) is 5. The standard InChI is InChI=1S/C18H23NO4S/c1-12-8-17(13(2)24-12)18(21)19-9-15(20)11-23-10-14-4-6-16(22-3)7-5-14/h4-8,15,20H,9-11H2,1-3H3,(H,19,21)/t15-/m0/s1. The van der Waals surface area contributed by atoms with Crippen molar-refractivity contribution in [3.63, 3.8) is 0 Å². The predicted molar refractivity (Wildman–Crippen MR) is 94.8 cm³/mol. The van der Waals surface area contributed by atoms with Gasteiger partial charge >= 0.3 is 0 Å². The zero-order valence-corrected chi connectivity index (χ0v) is 15.0. The smallest absolute Gasteiger partial charge is 0.252 e. The van der Waals surface area contributed by atoms with E-state index in [0.717, 1.165) is 21.1 Å². The molecule has 130 valence electrons. The number of benzene rings is 1. The number of aryl methyl sites for hydroxylation is 2. The van der Waals surface area contributed by atoms with Crippen LogP contribution in [0, 0.1) is 13.8 Å². The van der Waals surface area contributed by atoms with Gasteiger partial charge in [0.2, 0.25) is 0 Å². The number of aliphatic hydroxyl groups excluding tert-OH is 1. The molecule has 5 nitrogen and oxygen atoms in total. The third-order valence-corrected chi connectivity index (χ3v) is 4.49. The Labute approximate surface area is 146 Å². The number of aliphatic hydroxyl groups is 1. The van der Waals surface area contributed by atoms with Gasteiger partial charge < -0.3 is 19.9 Å². The van der Waals surface area contributed by atoms with Gasteiger partial charge in [0.15, 0.2) is 0 Å². The molecule has 0 fully saturated rings. The second kappa shape index (κ2) is 8.82. The first kappa shape index (κ1) is 18.4. The van der Waals surface area contributed by atoms with Gasteiger partial charge in [0, 0.05) is 16.3 Å². The zero-order chi connectivity index (χ0) is 17.5. The van der Waals surface area contributed by atoms with E-state index in [4.69, 9.17) is 9.47 Å².